The number of halogens is 2. The van der Waals surface area contributed by atoms with Gasteiger partial charge in [-0.3, -0.25) is 9.89 Å². The highest BCUT2D eigenvalue weighted by molar-refractivity contribution is 9.10. The second-order valence-electron chi connectivity index (χ2n) is 7.71. The van der Waals surface area contributed by atoms with Crippen LogP contribution in [0.1, 0.15) is 38.8 Å². The minimum Gasteiger partial charge on any atom is -0.322 e. The number of nitrogens with zero attached hydrogens (tertiary/aromatic N) is 2. The minimum absolute atomic E-state index is 0.0753. The summed E-state index contributed by atoms with van der Waals surface area (Å²) in [6.45, 7) is 2.47. The van der Waals surface area contributed by atoms with Crippen LogP contribution in [0.5, 0.6) is 0 Å². The van der Waals surface area contributed by atoms with Gasteiger partial charge < -0.3 is 4.90 Å². The summed E-state index contributed by atoms with van der Waals surface area (Å²) in [5, 5.41) is 8.19. The normalized spacial score (nSPS) is 15.4. The molecule has 1 aliphatic heterocycles. The second kappa shape index (κ2) is 7.98. The average molecular weight is 493 g/mol. The van der Waals surface area contributed by atoms with E-state index in [-0.39, 0.29) is 11.9 Å². The first-order valence-corrected chi connectivity index (χ1v) is 11.1. The molecular formula is C25H19BrClN3O. The molecule has 1 amide bonds. The summed E-state index contributed by atoms with van der Waals surface area (Å²) in [5.74, 6) is -0.0753. The number of carbonyl (C=O) groups excluding carboxylic acids is 1. The lowest BCUT2D eigenvalue weighted by molar-refractivity contribution is 0.0730. The number of amides is 1. The van der Waals surface area contributed by atoms with Crippen molar-refractivity contribution >= 4 is 33.4 Å². The van der Waals surface area contributed by atoms with Crippen LogP contribution in [-0.4, -0.2) is 21.0 Å². The number of aromatic nitrogens is 2. The Balaban J connectivity index is 1.65. The summed E-state index contributed by atoms with van der Waals surface area (Å²) in [7, 11) is 0. The van der Waals surface area contributed by atoms with Crippen molar-refractivity contribution < 1.29 is 4.79 Å². The van der Waals surface area contributed by atoms with Gasteiger partial charge in [-0.25, -0.2) is 0 Å². The number of hydrogen-bond donors (Lipinski definition) is 1. The molecule has 154 valence electrons. The van der Waals surface area contributed by atoms with Crippen molar-refractivity contribution in [3.8, 4) is 11.3 Å². The zero-order valence-electron chi connectivity index (χ0n) is 16.8. The van der Waals surface area contributed by atoms with E-state index in [9.17, 15) is 4.79 Å². The largest absolute Gasteiger partial charge is 0.322 e. The Morgan fingerprint density at radius 2 is 1.74 bits per heavy atom. The minimum atomic E-state index is -0.262. The Bertz CT molecular complexity index is 1260. The topological polar surface area (TPSA) is 49.0 Å². The van der Waals surface area contributed by atoms with Crippen molar-refractivity contribution in [2.75, 3.05) is 0 Å². The van der Waals surface area contributed by atoms with Gasteiger partial charge in [0.25, 0.3) is 5.91 Å². The predicted octanol–water partition coefficient (Wildman–Crippen LogP) is 6.55. The van der Waals surface area contributed by atoms with Crippen LogP contribution in [0.2, 0.25) is 5.02 Å². The van der Waals surface area contributed by atoms with Gasteiger partial charge in [0.15, 0.2) is 0 Å². The monoisotopic (exact) mass is 491 g/mol. The van der Waals surface area contributed by atoms with E-state index in [1.165, 1.54) is 5.56 Å². The molecule has 31 heavy (non-hydrogen) atoms. The van der Waals surface area contributed by atoms with Crippen molar-refractivity contribution in [1.29, 1.82) is 0 Å². The number of aryl methyl sites for hydroxylation is 1. The van der Waals surface area contributed by atoms with Crippen LogP contribution in [0, 0.1) is 6.92 Å². The van der Waals surface area contributed by atoms with Crippen LogP contribution in [0.3, 0.4) is 0 Å². The van der Waals surface area contributed by atoms with Crippen molar-refractivity contribution in [3.63, 3.8) is 0 Å². The molecule has 1 unspecified atom stereocenters. The lowest BCUT2D eigenvalue weighted by Gasteiger charge is -2.27. The maximum atomic E-state index is 13.5. The zero-order valence-corrected chi connectivity index (χ0v) is 19.1. The third-order valence-corrected chi connectivity index (χ3v) is 6.57. The number of aromatic amines is 1. The highest BCUT2D eigenvalue weighted by Gasteiger charge is 2.42. The Labute approximate surface area is 194 Å². The molecule has 1 atom stereocenters. The van der Waals surface area contributed by atoms with Gasteiger partial charge in [-0.1, -0.05) is 87.7 Å². The molecule has 0 fully saturated rings. The third kappa shape index (κ3) is 3.58. The summed E-state index contributed by atoms with van der Waals surface area (Å²) in [6, 6.07) is 23.7. The number of nitrogens with one attached hydrogen (secondary N) is 1. The fraction of sp³-hybridized carbons (Fsp3) is 0.120. The SMILES string of the molecule is Cc1ccc(-c2n[nH]c3c2C(c2ccc(Br)cc2)N(Cc2ccccc2Cl)C3=O)cc1. The molecule has 2 heterocycles. The first-order valence-electron chi connectivity index (χ1n) is 9.98. The van der Waals surface area contributed by atoms with Crippen LogP contribution >= 0.6 is 27.5 Å². The molecule has 0 radical (unpaired) electrons. The quantitative estimate of drug-likeness (QED) is 0.351. The standard InChI is InChI=1S/C25H19BrClN3O/c1-15-6-8-16(9-7-15)22-21-23(29-28-22)25(31)30(14-18-4-2-3-5-20(18)27)24(21)17-10-12-19(26)13-11-17/h2-13,24H,14H2,1H3,(H,28,29). The third-order valence-electron chi connectivity index (χ3n) is 5.67. The highest BCUT2D eigenvalue weighted by Crippen LogP contribution is 2.44. The van der Waals surface area contributed by atoms with Gasteiger partial charge >= 0.3 is 0 Å². The van der Waals surface area contributed by atoms with E-state index in [1.54, 1.807) is 0 Å². The number of hydrogen-bond acceptors (Lipinski definition) is 2. The van der Waals surface area contributed by atoms with Crippen LogP contribution < -0.4 is 0 Å². The second-order valence-corrected chi connectivity index (χ2v) is 9.03. The van der Waals surface area contributed by atoms with E-state index in [2.05, 4.69) is 45.2 Å². The molecule has 0 spiro atoms. The number of fused-ring (bicyclic) bond motifs is 1. The smallest absolute Gasteiger partial charge is 0.273 e. The molecule has 6 heteroatoms. The van der Waals surface area contributed by atoms with Gasteiger partial charge in [-0.2, -0.15) is 5.10 Å². The zero-order chi connectivity index (χ0) is 21.5. The Morgan fingerprint density at radius 1 is 1.03 bits per heavy atom. The lowest BCUT2D eigenvalue weighted by Crippen LogP contribution is -2.29. The van der Waals surface area contributed by atoms with Gasteiger partial charge in [0, 0.05) is 27.2 Å². The Hall–Kier alpha value is -2.89. The molecule has 1 aliphatic rings. The van der Waals surface area contributed by atoms with Crippen LogP contribution in [0.25, 0.3) is 11.3 Å². The maximum Gasteiger partial charge on any atom is 0.273 e. The summed E-state index contributed by atoms with van der Waals surface area (Å²) < 4.78 is 0.990. The van der Waals surface area contributed by atoms with Gasteiger partial charge in [-0.15, -0.1) is 0 Å². The van der Waals surface area contributed by atoms with E-state index >= 15 is 0 Å². The van der Waals surface area contributed by atoms with Crippen molar-refractivity contribution in [2.24, 2.45) is 0 Å². The first kappa shape index (κ1) is 20.0. The fourth-order valence-corrected chi connectivity index (χ4v) is 4.55. The summed E-state index contributed by atoms with van der Waals surface area (Å²) in [6.07, 6.45) is 0. The average Bonchev–Trinajstić information content (AvgIpc) is 3.31. The highest BCUT2D eigenvalue weighted by atomic mass is 79.9. The van der Waals surface area contributed by atoms with E-state index in [4.69, 9.17) is 11.6 Å². The summed E-state index contributed by atoms with van der Waals surface area (Å²) >= 11 is 9.94. The van der Waals surface area contributed by atoms with Gasteiger partial charge in [-0.05, 0) is 36.2 Å². The van der Waals surface area contributed by atoms with Crippen molar-refractivity contribution in [3.05, 3.63) is 110 Å². The van der Waals surface area contributed by atoms with Crippen LogP contribution in [0.15, 0.2) is 77.3 Å². The molecule has 1 aromatic heterocycles. The number of benzene rings is 3. The molecule has 5 rings (SSSR count). The summed E-state index contributed by atoms with van der Waals surface area (Å²) in [4.78, 5) is 15.3. The van der Waals surface area contributed by atoms with E-state index in [0.29, 0.717) is 17.3 Å². The fourth-order valence-electron chi connectivity index (χ4n) is 4.09. The molecule has 0 saturated carbocycles. The van der Waals surface area contributed by atoms with E-state index in [1.807, 2.05) is 65.6 Å². The molecule has 0 aliphatic carbocycles. The predicted molar refractivity (Wildman–Crippen MR) is 126 cm³/mol. The van der Waals surface area contributed by atoms with Gasteiger partial charge in [0.05, 0.1) is 11.7 Å². The molecule has 3 aromatic carbocycles. The number of carbonyl (C=O) groups is 1. The molecule has 4 nitrogen and oxygen atoms in total. The van der Waals surface area contributed by atoms with Gasteiger partial charge in [0.1, 0.15) is 5.69 Å². The molecule has 1 N–H and O–H groups in total. The van der Waals surface area contributed by atoms with Crippen LogP contribution in [0.4, 0.5) is 0 Å². The van der Waals surface area contributed by atoms with Crippen molar-refractivity contribution in [1.82, 2.24) is 15.1 Å². The molecular weight excluding hydrogens is 474 g/mol. The Kier molecular flexibility index (Phi) is 5.16. The van der Waals surface area contributed by atoms with E-state index in [0.717, 1.165) is 32.4 Å². The van der Waals surface area contributed by atoms with Crippen molar-refractivity contribution in [2.45, 2.75) is 19.5 Å². The van der Waals surface area contributed by atoms with Gasteiger partial charge in [0.2, 0.25) is 0 Å². The first-order chi connectivity index (χ1) is 15.0. The maximum absolute atomic E-state index is 13.5. The lowest BCUT2D eigenvalue weighted by atomic mass is 9.95. The molecule has 4 aromatic rings. The van der Waals surface area contributed by atoms with E-state index < -0.39 is 0 Å². The molecule has 0 bridgehead atoms. The number of H-pyrrole nitrogens is 1. The Morgan fingerprint density at radius 3 is 2.45 bits per heavy atom. The van der Waals surface area contributed by atoms with Crippen LogP contribution in [-0.2, 0) is 6.54 Å². The summed E-state index contributed by atoms with van der Waals surface area (Å²) in [5.41, 5.74) is 6.35. The number of rotatable bonds is 4. The molecule has 0 saturated heterocycles.